The van der Waals surface area contributed by atoms with Crippen LogP contribution >= 0.6 is 27.3 Å². The molecule has 1 heterocycles. The number of carbonyl (C=O) groups is 2. The van der Waals surface area contributed by atoms with Gasteiger partial charge in [-0.3, -0.25) is 4.79 Å². The van der Waals surface area contributed by atoms with Crippen LogP contribution in [0.5, 0.6) is 5.06 Å². The van der Waals surface area contributed by atoms with Crippen LogP contribution in [-0.4, -0.2) is 24.0 Å². The summed E-state index contributed by atoms with van der Waals surface area (Å²) in [5.41, 5.74) is 0. The Morgan fingerprint density at radius 3 is 2.62 bits per heavy atom. The minimum absolute atomic E-state index is 0.149. The third-order valence-corrected chi connectivity index (χ3v) is 3.21. The number of rotatable bonds is 3. The van der Waals surface area contributed by atoms with Crippen molar-refractivity contribution in [2.75, 3.05) is 7.11 Å². The van der Waals surface area contributed by atoms with Crippen molar-refractivity contribution in [1.29, 1.82) is 0 Å². The van der Waals surface area contributed by atoms with E-state index in [1.807, 2.05) is 0 Å². The first-order valence-electron chi connectivity index (χ1n) is 3.17. The molecule has 0 aliphatic rings. The lowest BCUT2D eigenvalue weighted by molar-refractivity contribution is -0.131. The maximum atomic E-state index is 11.0. The van der Waals surface area contributed by atoms with Gasteiger partial charge >= 0.3 is 5.97 Å². The first-order valence-corrected chi connectivity index (χ1v) is 4.78. The number of halogens is 1. The zero-order valence-corrected chi connectivity index (χ0v) is 8.94. The fraction of sp³-hybridized carbons (Fsp3) is 0.143. The summed E-state index contributed by atoms with van der Waals surface area (Å²) in [6.45, 7) is 0. The van der Waals surface area contributed by atoms with Crippen LogP contribution in [-0.2, 0) is 4.79 Å². The Morgan fingerprint density at radius 1 is 1.62 bits per heavy atom. The van der Waals surface area contributed by atoms with Crippen molar-refractivity contribution >= 4 is 39.0 Å². The summed E-state index contributed by atoms with van der Waals surface area (Å²) in [6, 6.07) is 1.43. The number of ketones is 1. The van der Waals surface area contributed by atoms with Crippen LogP contribution in [0.25, 0.3) is 0 Å². The number of aliphatic carboxylic acids is 1. The highest BCUT2D eigenvalue weighted by Crippen LogP contribution is 2.34. The van der Waals surface area contributed by atoms with Gasteiger partial charge in [-0.25, -0.2) is 4.79 Å². The summed E-state index contributed by atoms with van der Waals surface area (Å²) in [5, 5.41) is 8.90. The average Bonchev–Trinajstić information content (AvgIpc) is 2.45. The van der Waals surface area contributed by atoms with E-state index >= 15 is 0 Å². The van der Waals surface area contributed by atoms with Gasteiger partial charge in [0.15, 0.2) is 5.06 Å². The van der Waals surface area contributed by atoms with Gasteiger partial charge < -0.3 is 9.84 Å². The molecule has 70 valence electrons. The van der Waals surface area contributed by atoms with E-state index in [1.165, 1.54) is 13.2 Å². The van der Waals surface area contributed by atoms with E-state index in [1.54, 1.807) is 0 Å². The van der Waals surface area contributed by atoms with E-state index in [9.17, 15) is 9.59 Å². The first-order chi connectivity index (χ1) is 6.06. The van der Waals surface area contributed by atoms with Gasteiger partial charge in [0.25, 0.3) is 5.78 Å². The highest BCUT2D eigenvalue weighted by atomic mass is 79.9. The molecule has 1 aromatic heterocycles. The van der Waals surface area contributed by atoms with E-state index in [0.29, 0.717) is 9.54 Å². The molecule has 1 aromatic rings. The molecular weight excluding hydrogens is 260 g/mol. The Balaban J connectivity index is 3.04. The summed E-state index contributed by atoms with van der Waals surface area (Å²) in [7, 11) is 1.45. The summed E-state index contributed by atoms with van der Waals surface area (Å²) in [6.07, 6.45) is 0. The molecule has 0 fully saturated rings. The van der Waals surface area contributed by atoms with Gasteiger partial charge in [0.05, 0.1) is 16.5 Å². The highest BCUT2D eigenvalue weighted by Gasteiger charge is 2.19. The van der Waals surface area contributed by atoms with Crippen molar-refractivity contribution in [2.24, 2.45) is 0 Å². The molecule has 0 saturated heterocycles. The second kappa shape index (κ2) is 3.89. The van der Waals surface area contributed by atoms with Gasteiger partial charge in [-0.2, -0.15) is 0 Å². The Hall–Kier alpha value is -0.880. The van der Waals surface area contributed by atoms with Gasteiger partial charge in [-0.05, 0) is 22.0 Å². The summed E-state index contributed by atoms with van der Waals surface area (Å²) in [4.78, 5) is 21.4. The zero-order valence-electron chi connectivity index (χ0n) is 6.54. The third kappa shape index (κ3) is 2.07. The molecule has 1 rings (SSSR count). The minimum atomic E-state index is -1.46. The Bertz CT molecular complexity index is 357. The molecule has 0 amide bonds. The second-order valence-electron chi connectivity index (χ2n) is 2.08. The molecule has 0 bridgehead atoms. The van der Waals surface area contributed by atoms with E-state index in [0.717, 1.165) is 11.3 Å². The number of Topliss-reactive ketones (excluding diaryl/α,β-unsaturated/α-hetero) is 1. The summed E-state index contributed by atoms with van der Waals surface area (Å²) in [5.74, 6) is -2.38. The van der Waals surface area contributed by atoms with Crippen LogP contribution in [0.4, 0.5) is 0 Å². The molecule has 0 aromatic carbocycles. The lowest BCUT2D eigenvalue weighted by atomic mass is 10.3. The van der Waals surface area contributed by atoms with Crippen molar-refractivity contribution < 1.29 is 19.4 Å². The molecule has 0 radical (unpaired) electrons. The minimum Gasteiger partial charge on any atom is -0.486 e. The number of thiophene rings is 1. The Morgan fingerprint density at radius 2 is 2.23 bits per heavy atom. The number of methoxy groups -OCH3 is 1. The number of hydrogen-bond donors (Lipinski definition) is 1. The predicted molar refractivity (Wildman–Crippen MR) is 50.5 cm³/mol. The molecule has 1 N–H and O–H groups in total. The van der Waals surface area contributed by atoms with E-state index in [4.69, 9.17) is 9.84 Å². The van der Waals surface area contributed by atoms with Crippen LogP contribution in [0.2, 0.25) is 0 Å². The highest BCUT2D eigenvalue weighted by molar-refractivity contribution is 9.10. The number of hydrogen-bond acceptors (Lipinski definition) is 4. The molecule has 13 heavy (non-hydrogen) atoms. The number of carboxylic acid groups (broad SMARTS) is 1. The molecule has 0 aliphatic carbocycles. The summed E-state index contributed by atoms with van der Waals surface area (Å²) >= 11 is 4.13. The normalized spacial score (nSPS) is 9.69. The predicted octanol–water partition coefficient (Wildman–Crippen LogP) is 1.79. The van der Waals surface area contributed by atoms with Crippen molar-refractivity contribution in [3.05, 3.63) is 15.4 Å². The van der Waals surface area contributed by atoms with Crippen molar-refractivity contribution in [3.8, 4) is 5.06 Å². The molecule has 0 spiro atoms. The third-order valence-electron chi connectivity index (χ3n) is 1.26. The fourth-order valence-electron chi connectivity index (χ4n) is 0.709. The molecule has 0 unspecified atom stereocenters. The Kier molecular flexibility index (Phi) is 3.05. The fourth-order valence-corrected chi connectivity index (χ4v) is 2.29. The van der Waals surface area contributed by atoms with Crippen LogP contribution in [0, 0.1) is 0 Å². The molecule has 6 heteroatoms. The number of carboxylic acids is 1. The standard InChI is InChI=1S/C7H5BrO4S/c1-12-7-3(8)2-4(13-7)5(9)6(10)11/h2H,1H3,(H,10,11). The molecule has 0 aliphatic heterocycles. The maximum Gasteiger partial charge on any atom is 0.378 e. The lowest BCUT2D eigenvalue weighted by Gasteiger charge is -1.91. The van der Waals surface area contributed by atoms with Crippen molar-refractivity contribution in [1.82, 2.24) is 0 Å². The first kappa shape index (κ1) is 10.2. The van der Waals surface area contributed by atoms with Crippen LogP contribution in [0.1, 0.15) is 9.67 Å². The SMILES string of the molecule is COc1sc(C(=O)C(=O)O)cc1Br. The molecular formula is C7H5BrO4S. The van der Waals surface area contributed by atoms with Gasteiger partial charge in [0.1, 0.15) is 0 Å². The van der Waals surface area contributed by atoms with E-state index < -0.39 is 11.8 Å². The lowest BCUT2D eigenvalue weighted by Crippen LogP contribution is -2.10. The molecule has 4 nitrogen and oxygen atoms in total. The topological polar surface area (TPSA) is 63.6 Å². The second-order valence-corrected chi connectivity index (χ2v) is 3.95. The molecule has 0 atom stereocenters. The number of ether oxygens (including phenoxy) is 1. The van der Waals surface area contributed by atoms with Crippen LogP contribution in [0.3, 0.4) is 0 Å². The monoisotopic (exact) mass is 264 g/mol. The molecule has 0 saturated carbocycles. The van der Waals surface area contributed by atoms with Gasteiger partial charge in [0, 0.05) is 0 Å². The van der Waals surface area contributed by atoms with Gasteiger partial charge in [-0.1, -0.05) is 11.3 Å². The van der Waals surface area contributed by atoms with E-state index in [-0.39, 0.29) is 4.88 Å². The average molecular weight is 265 g/mol. The summed E-state index contributed by atoms with van der Waals surface area (Å²) < 4.78 is 5.47. The largest absolute Gasteiger partial charge is 0.486 e. The van der Waals surface area contributed by atoms with Gasteiger partial charge in [0.2, 0.25) is 0 Å². The smallest absolute Gasteiger partial charge is 0.378 e. The van der Waals surface area contributed by atoms with Crippen molar-refractivity contribution in [2.45, 2.75) is 0 Å². The van der Waals surface area contributed by atoms with Crippen molar-refractivity contribution in [3.63, 3.8) is 0 Å². The van der Waals surface area contributed by atoms with Gasteiger partial charge in [-0.15, -0.1) is 0 Å². The van der Waals surface area contributed by atoms with Crippen LogP contribution < -0.4 is 4.74 Å². The van der Waals surface area contributed by atoms with E-state index in [2.05, 4.69) is 15.9 Å². The number of carbonyl (C=O) groups excluding carboxylic acids is 1. The Labute approximate surface area is 86.3 Å². The van der Waals surface area contributed by atoms with Crippen LogP contribution in [0.15, 0.2) is 10.5 Å². The quantitative estimate of drug-likeness (QED) is 0.668. The zero-order chi connectivity index (χ0) is 10.0. The maximum absolute atomic E-state index is 11.0.